The molecule has 2 rings (SSSR count). The zero-order valence-corrected chi connectivity index (χ0v) is 12.8. The largest absolute Gasteiger partial charge is 0.465 e. The standard InChI is InChI=1S/C14H17BrN2O3/c1-19-14(18)10-7-12(9(8-16)6-11(10)15)17-13-4-2-3-5-20-13/h6-8,13,16-17H,2-5H2,1H3. The summed E-state index contributed by atoms with van der Waals surface area (Å²) >= 11 is 3.33. The van der Waals surface area contributed by atoms with Crippen LogP contribution in [-0.4, -0.2) is 32.1 Å². The molecule has 1 aliphatic heterocycles. The van der Waals surface area contributed by atoms with E-state index in [1.807, 2.05) is 0 Å². The highest BCUT2D eigenvalue weighted by Crippen LogP contribution is 2.27. The number of hydrogen-bond acceptors (Lipinski definition) is 5. The van der Waals surface area contributed by atoms with E-state index in [9.17, 15) is 4.79 Å². The fourth-order valence-electron chi connectivity index (χ4n) is 2.13. The van der Waals surface area contributed by atoms with Gasteiger partial charge in [0.25, 0.3) is 0 Å². The van der Waals surface area contributed by atoms with Crippen molar-refractivity contribution >= 4 is 33.8 Å². The second-order valence-electron chi connectivity index (χ2n) is 4.55. The Labute approximate surface area is 126 Å². The van der Waals surface area contributed by atoms with Gasteiger partial charge in [-0.1, -0.05) is 0 Å². The van der Waals surface area contributed by atoms with Gasteiger partial charge in [0.2, 0.25) is 0 Å². The number of methoxy groups -OCH3 is 1. The van der Waals surface area contributed by atoms with Crippen LogP contribution >= 0.6 is 15.9 Å². The summed E-state index contributed by atoms with van der Waals surface area (Å²) in [7, 11) is 1.34. The van der Waals surface area contributed by atoms with E-state index >= 15 is 0 Å². The van der Waals surface area contributed by atoms with E-state index in [4.69, 9.17) is 14.9 Å². The van der Waals surface area contributed by atoms with Crippen LogP contribution in [0.1, 0.15) is 35.2 Å². The van der Waals surface area contributed by atoms with Crippen LogP contribution in [0.3, 0.4) is 0 Å². The number of carbonyl (C=O) groups is 1. The molecular weight excluding hydrogens is 324 g/mol. The lowest BCUT2D eigenvalue weighted by Gasteiger charge is -2.25. The summed E-state index contributed by atoms with van der Waals surface area (Å²) in [4.78, 5) is 11.7. The van der Waals surface area contributed by atoms with E-state index in [2.05, 4.69) is 21.2 Å². The summed E-state index contributed by atoms with van der Waals surface area (Å²) < 4.78 is 11.0. The quantitative estimate of drug-likeness (QED) is 0.652. The van der Waals surface area contributed by atoms with Crippen LogP contribution in [0.4, 0.5) is 5.69 Å². The molecule has 1 aromatic rings. The summed E-state index contributed by atoms with van der Waals surface area (Å²) in [6, 6.07) is 3.42. The summed E-state index contributed by atoms with van der Waals surface area (Å²) in [6.45, 7) is 0.734. The Morgan fingerprint density at radius 3 is 2.95 bits per heavy atom. The Morgan fingerprint density at radius 1 is 1.55 bits per heavy atom. The third-order valence-corrected chi connectivity index (χ3v) is 3.85. The molecule has 1 heterocycles. The molecule has 1 unspecified atom stereocenters. The predicted molar refractivity (Wildman–Crippen MR) is 80.6 cm³/mol. The SMILES string of the molecule is COC(=O)c1cc(NC2CCCCO2)c(C=N)cc1Br. The van der Waals surface area contributed by atoms with Crippen molar-refractivity contribution in [2.24, 2.45) is 0 Å². The Hall–Kier alpha value is -1.40. The summed E-state index contributed by atoms with van der Waals surface area (Å²) in [5.74, 6) is -0.416. The summed E-state index contributed by atoms with van der Waals surface area (Å²) in [6.07, 6.45) is 4.27. The molecular formula is C14H17BrN2O3. The number of hydrogen-bond donors (Lipinski definition) is 2. The van der Waals surface area contributed by atoms with Gasteiger partial charge in [0.15, 0.2) is 0 Å². The lowest BCUT2D eigenvalue weighted by molar-refractivity contribution is 0.0343. The van der Waals surface area contributed by atoms with Gasteiger partial charge in [-0.05, 0) is 47.3 Å². The van der Waals surface area contributed by atoms with Crippen molar-refractivity contribution in [1.29, 1.82) is 5.41 Å². The first-order chi connectivity index (χ1) is 9.65. The topological polar surface area (TPSA) is 71.4 Å². The molecule has 1 fully saturated rings. The minimum absolute atomic E-state index is 0.0749. The Morgan fingerprint density at radius 2 is 2.35 bits per heavy atom. The molecule has 6 heteroatoms. The van der Waals surface area contributed by atoms with Crippen molar-refractivity contribution in [3.8, 4) is 0 Å². The van der Waals surface area contributed by atoms with Crippen molar-refractivity contribution in [3.63, 3.8) is 0 Å². The average molecular weight is 341 g/mol. The van der Waals surface area contributed by atoms with Crippen molar-refractivity contribution in [1.82, 2.24) is 0 Å². The smallest absolute Gasteiger partial charge is 0.339 e. The third-order valence-electron chi connectivity index (χ3n) is 3.20. The van der Waals surface area contributed by atoms with E-state index in [1.165, 1.54) is 13.3 Å². The minimum Gasteiger partial charge on any atom is -0.465 e. The van der Waals surface area contributed by atoms with Gasteiger partial charge in [-0.15, -0.1) is 0 Å². The monoisotopic (exact) mass is 340 g/mol. The number of esters is 1. The van der Waals surface area contributed by atoms with E-state index in [-0.39, 0.29) is 6.23 Å². The second-order valence-corrected chi connectivity index (χ2v) is 5.41. The summed E-state index contributed by atoms with van der Waals surface area (Å²) in [5, 5.41) is 10.7. The number of nitrogens with one attached hydrogen (secondary N) is 2. The Balaban J connectivity index is 2.29. The second kappa shape index (κ2) is 6.85. The lowest BCUT2D eigenvalue weighted by Crippen LogP contribution is -2.27. The van der Waals surface area contributed by atoms with Crippen LogP contribution in [0, 0.1) is 5.41 Å². The number of anilines is 1. The molecule has 20 heavy (non-hydrogen) atoms. The molecule has 0 aliphatic carbocycles. The van der Waals surface area contributed by atoms with Crippen molar-refractivity contribution in [3.05, 3.63) is 27.7 Å². The average Bonchev–Trinajstić information content (AvgIpc) is 2.49. The van der Waals surface area contributed by atoms with Gasteiger partial charge in [-0.25, -0.2) is 4.79 Å². The molecule has 1 atom stereocenters. The highest BCUT2D eigenvalue weighted by atomic mass is 79.9. The fraction of sp³-hybridized carbons (Fsp3) is 0.429. The maximum Gasteiger partial charge on any atom is 0.339 e. The number of ether oxygens (including phenoxy) is 2. The lowest BCUT2D eigenvalue weighted by atomic mass is 10.1. The minimum atomic E-state index is -0.416. The van der Waals surface area contributed by atoms with E-state index < -0.39 is 5.97 Å². The first kappa shape index (κ1) is 15.0. The molecule has 0 aromatic heterocycles. The molecule has 0 saturated carbocycles. The van der Waals surface area contributed by atoms with Gasteiger partial charge < -0.3 is 20.2 Å². The van der Waals surface area contributed by atoms with Crippen molar-refractivity contribution in [2.45, 2.75) is 25.5 Å². The van der Waals surface area contributed by atoms with Crippen LogP contribution < -0.4 is 5.32 Å². The molecule has 0 spiro atoms. The number of carbonyl (C=O) groups excluding carboxylic acids is 1. The molecule has 108 valence electrons. The molecule has 5 nitrogen and oxygen atoms in total. The van der Waals surface area contributed by atoms with Gasteiger partial charge >= 0.3 is 5.97 Å². The molecule has 0 radical (unpaired) electrons. The molecule has 0 bridgehead atoms. The van der Waals surface area contributed by atoms with Crippen molar-refractivity contribution < 1.29 is 14.3 Å². The molecule has 1 saturated heterocycles. The van der Waals surface area contributed by atoms with E-state index in [0.717, 1.165) is 25.9 Å². The van der Waals surface area contributed by atoms with Crippen molar-refractivity contribution in [2.75, 3.05) is 19.0 Å². The third kappa shape index (κ3) is 3.37. The van der Waals surface area contributed by atoms with Crippen LogP contribution in [-0.2, 0) is 9.47 Å². The van der Waals surface area contributed by atoms with Crippen LogP contribution in [0.5, 0.6) is 0 Å². The van der Waals surface area contributed by atoms with Crippen LogP contribution in [0.25, 0.3) is 0 Å². The fourth-order valence-corrected chi connectivity index (χ4v) is 2.65. The number of rotatable bonds is 4. The van der Waals surface area contributed by atoms with E-state index in [1.54, 1.807) is 12.1 Å². The number of benzene rings is 1. The zero-order valence-electron chi connectivity index (χ0n) is 11.2. The maximum atomic E-state index is 11.7. The molecule has 0 amide bonds. The first-order valence-electron chi connectivity index (χ1n) is 6.46. The normalized spacial score (nSPS) is 18.4. The molecule has 1 aromatic carbocycles. The van der Waals surface area contributed by atoms with Crippen LogP contribution in [0.2, 0.25) is 0 Å². The van der Waals surface area contributed by atoms with Gasteiger partial charge in [-0.3, -0.25) is 0 Å². The highest BCUT2D eigenvalue weighted by molar-refractivity contribution is 9.10. The van der Waals surface area contributed by atoms with E-state index in [0.29, 0.717) is 21.3 Å². The van der Waals surface area contributed by atoms with Gasteiger partial charge in [-0.2, -0.15) is 0 Å². The van der Waals surface area contributed by atoms with Crippen LogP contribution in [0.15, 0.2) is 16.6 Å². The predicted octanol–water partition coefficient (Wildman–Crippen LogP) is 3.17. The highest BCUT2D eigenvalue weighted by Gasteiger charge is 2.18. The molecule has 1 aliphatic rings. The Bertz CT molecular complexity index is 513. The Kier molecular flexibility index (Phi) is 5.14. The number of halogens is 1. The maximum absolute atomic E-state index is 11.7. The van der Waals surface area contributed by atoms with Gasteiger partial charge in [0, 0.05) is 28.5 Å². The molecule has 2 N–H and O–H groups in total. The zero-order chi connectivity index (χ0) is 14.5. The van der Waals surface area contributed by atoms with Gasteiger partial charge in [0.1, 0.15) is 6.23 Å². The first-order valence-corrected chi connectivity index (χ1v) is 7.25. The summed E-state index contributed by atoms with van der Waals surface area (Å²) in [5.41, 5.74) is 1.82. The van der Waals surface area contributed by atoms with Gasteiger partial charge in [0.05, 0.1) is 12.7 Å².